The Bertz CT molecular complexity index is 438. The minimum absolute atomic E-state index is 0.0789. The molecule has 0 amide bonds. The summed E-state index contributed by atoms with van der Waals surface area (Å²) in [5, 5.41) is 0. The van der Waals surface area contributed by atoms with Crippen LogP contribution in [0.4, 0.5) is 17.6 Å². The van der Waals surface area contributed by atoms with Gasteiger partial charge in [-0.3, -0.25) is 0 Å². The first kappa shape index (κ1) is 13.3. The smallest absolute Gasteiger partial charge is 0.379 e. The molecule has 1 saturated heterocycles. The average Bonchev–Trinajstić information content (AvgIpc) is 2.28. The predicted molar refractivity (Wildman–Crippen MR) is 57.3 cm³/mol. The van der Waals surface area contributed by atoms with E-state index >= 15 is 0 Å². The van der Waals surface area contributed by atoms with Gasteiger partial charge in [-0.1, -0.05) is 6.07 Å². The van der Waals surface area contributed by atoms with Gasteiger partial charge in [-0.2, -0.15) is 13.2 Å². The Morgan fingerprint density at radius 2 is 2.00 bits per heavy atom. The molecular formula is C12H13F4NO. The molecule has 0 bridgehead atoms. The van der Waals surface area contributed by atoms with Crippen LogP contribution in [0.3, 0.4) is 0 Å². The Kier molecular flexibility index (Phi) is 3.33. The van der Waals surface area contributed by atoms with Crippen molar-refractivity contribution in [1.82, 2.24) is 0 Å². The Hall–Kier alpha value is -1.14. The van der Waals surface area contributed by atoms with Gasteiger partial charge in [0.25, 0.3) is 0 Å². The van der Waals surface area contributed by atoms with E-state index in [4.69, 9.17) is 10.5 Å². The van der Waals surface area contributed by atoms with Gasteiger partial charge in [-0.25, -0.2) is 4.39 Å². The van der Waals surface area contributed by atoms with Gasteiger partial charge in [-0.05, 0) is 25.0 Å². The third-order valence-electron chi connectivity index (χ3n) is 3.10. The van der Waals surface area contributed by atoms with Gasteiger partial charge >= 0.3 is 6.18 Å². The summed E-state index contributed by atoms with van der Waals surface area (Å²) < 4.78 is 56.2. The molecule has 0 spiro atoms. The van der Waals surface area contributed by atoms with Crippen LogP contribution in [0.15, 0.2) is 18.2 Å². The first-order valence-corrected chi connectivity index (χ1v) is 5.57. The van der Waals surface area contributed by atoms with Crippen LogP contribution >= 0.6 is 0 Å². The fourth-order valence-corrected chi connectivity index (χ4v) is 2.12. The van der Waals surface area contributed by atoms with Gasteiger partial charge in [0, 0.05) is 12.2 Å². The summed E-state index contributed by atoms with van der Waals surface area (Å²) in [7, 11) is 0. The summed E-state index contributed by atoms with van der Waals surface area (Å²) in [6.45, 7) is 0.663. The van der Waals surface area contributed by atoms with E-state index in [1.807, 2.05) is 0 Å². The first-order chi connectivity index (χ1) is 8.33. The molecular weight excluding hydrogens is 250 g/mol. The summed E-state index contributed by atoms with van der Waals surface area (Å²) in [5.74, 6) is -0.933. The Morgan fingerprint density at radius 1 is 1.28 bits per heavy atom. The molecule has 1 aromatic rings. The number of hydrogen-bond donors (Lipinski definition) is 1. The van der Waals surface area contributed by atoms with Crippen molar-refractivity contribution in [3.8, 4) is 0 Å². The highest BCUT2D eigenvalue weighted by Gasteiger charge is 2.36. The van der Waals surface area contributed by atoms with Crippen molar-refractivity contribution in [3.63, 3.8) is 0 Å². The second-order valence-corrected chi connectivity index (χ2v) is 4.50. The number of nitrogens with two attached hydrogens (primary N) is 1. The highest BCUT2D eigenvalue weighted by atomic mass is 19.4. The normalized spacial score (nSPS) is 25.2. The molecule has 1 fully saturated rings. The topological polar surface area (TPSA) is 35.2 Å². The molecule has 1 atom stereocenters. The van der Waals surface area contributed by atoms with Crippen molar-refractivity contribution in [1.29, 1.82) is 0 Å². The molecule has 2 N–H and O–H groups in total. The number of alkyl halides is 3. The van der Waals surface area contributed by atoms with Gasteiger partial charge in [0.2, 0.25) is 0 Å². The number of benzene rings is 1. The van der Waals surface area contributed by atoms with Crippen LogP contribution < -0.4 is 5.73 Å². The number of halogens is 4. The zero-order valence-corrected chi connectivity index (χ0v) is 9.56. The maximum atomic E-state index is 13.8. The van der Waals surface area contributed by atoms with E-state index < -0.39 is 23.1 Å². The lowest BCUT2D eigenvalue weighted by atomic mass is 9.85. The lowest BCUT2D eigenvalue weighted by Gasteiger charge is -2.34. The molecule has 2 rings (SSSR count). The standard InChI is InChI=1S/C12H13F4NO/c13-10-6-8(12(14,15)16)2-3-9(10)11(17)4-1-5-18-7-11/h2-3,6H,1,4-5,7,17H2. The van der Waals surface area contributed by atoms with E-state index in [1.165, 1.54) is 0 Å². The lowest BCUT2D eigenvalue weighted by Crippen LogP contribution is -2.45. The van der Waals surface area contributed by atoms with Gasteiger partial charge < -0.3 is 10.5 Å². The third-order valence-corrected chi connectivity index (χ3v) is 3.10. The van der Waals surface area contributed by atoms with E-state index in [9.17, 15) is 17.6 Å². The van der Waals surface area contributed by atoms with Crippen molar-refractivity contribution in [2.45, 2.75) is 24.6 Å². The largest absolute Gasteiger partial charge is 0.416 e. The van der Waals surface area contributed by atoms with Crippen molar-refractivity contribution in [2.75, 3.05) is 13.2 Å². The maximum Gasteiger partial charge on any atom is 0.416 e. The van der Waals surface area contributed by atoms with Crippen LogP contribution in [0.1, 0.15) is 24.0 Å². The van der Waals surface area contributed by atoms with Crippen LogP contribution in [0.25, 0.3) is 0 Å². The van der Waals surface area contributed by atoms with E-state index in [0.29, 0.717) is 25.5 Å². The second kappa shape index (κ2) is 4.51. The monoisotopic (exact) mass is 263 g/mol. The molecule has 0 radical (unpaired) electrons. The molecule has 1 aliphatic rings. The molecule has 1 heterocycles. The molecule has 100 valence electrons. The summed E-state index contributed by atoms with van der Waals surface area (Å²) >= 11 is 0. The molecule has 1 aliphatic heterocycles. The minimum atomic E-state index is -4.55. The molecule has 0 aromatic heterocycles. The van der Waals surface area contributed by atoms with E-state index in [1.54, 1.807) is 0 Å². The van der Waals surface area contributed by atoms with Gasteiger partial charge in [-0.15, -0.1) is 0 Å². The number of ether oxygens (including phenoxy) is 1. The van der Waals surface area contributed by atoms with Gasteiger partial charge in [0.1, 0.15) is 5.82 Å². The van der Waals surface area contributed by atoms with Crippen molar-refractivity contribution in [3.05, 3.63) is 35.1 Å². The summed E-state index contributed by atoms with van der Waals surface area (Å²) in [6, 6.07) is 2.44. The second-order valence-electron chi connectivity index (χ2n) is 4.50. The van der Waals surface area contributed by atoms with Crippen LogP contribution in [0.2, 0.25) is 0 Å². The summed E-state index contributed by atoms with van der Waals surface area (Å²) in [4.78, 5) is 0. The van der Waals surface area contributed by atoms with Crippen molar-refractivity contribution < 1.29 is 22.3 Å². The van der Waals surface area contributed by atoms with E-state index in [-0.39, 0.29) is 12.2 Å². The minimum Gasteiger partial charge on any atom is -0.379 e. The average molecular weight is 263 g/mol. The number of hydrogen-bond acceptors (Lipinski definition) is 2. The molecule has 18 heavy (non-hydrogen) atoms. The highest BCUT2D eigenvalue weighted by Crippen LogP contribution is 2.34. The zero-order valence-electron chi connectivity index (χ0n) is 9.56. The Balaban J connectivity index is 2.35. The highest BCUT2D eigenvalue weighted by molar-refractivity contribution is 5.31. The third kappa shape index (κ3) is 2.49. The fourth-order valence-electron chi connectivity index (χ4n) is 2.12. The molecule has 0 aliphatic carbocycles. The number of rotatable bonds is 1. The van der Waals surface area contributed by atoms with Gasteiger partial charge in [0.15, 0.2) is 0 Å². The van der Waals surface area contributed by atoms with Crippen molar-refractivity contribution >= 4 is 0 Å². The molecule has 0 saturated carbocycles. The van der Waals surface area contributed by atoms with E-state index in [2.05, 4.69) is 0 Å². The van der Waals surface area contributed by atoms with Gasteiger partial charge in [0.05, 0.1) is 17.7 Å². The van der Waals surface area contributed by atoms with Crippen molar-refractivity contribution in [2.24, 2.45) is 5.73 Å². The Morgan fingerprint density at radius 3 is 2.50 bits per heavy atom. The molecule has 6 heteroatoms. The zero-order chi connectivity index (χ0) is 13.4. The lowest BCUT2D eigenvalue weighted by molar-refractivity contribution is -0.137. The van der Waals surface area contributed by atoms with Crippen LogP contribution in [0.5, 0.6) is 0 Å². The summed E-state index contributed by atoms with van der Waals surface area (Å²) in [5.41, 5.74) is 4.03. The predicted octanol–water partition coefficient (Wildman–Crippen LogP) is 2.81. The molecule has 2 nitrogen and oxygen atoms in total. The van der Waals surface area contributed by atoms with Crippen LogP contribution in [-0.2, 0) is 16.5 Å². The quantitative estimate of drug-likeness (QED) is 0.791. The summed E-state index contributed by atoms with van der Waals surface area (Å²) in [6.07, 6.45) is -3.39. The molecule has 1 aromatic carbocycles. The SMILES string of the molecule is NC1(c2ccc(C(F)(F)F)cc2F)CCCOC1. The fraction of sp³-hybridized carbons (Fsp3) is 0.500. The first-order valence-electron chi connectivity index (χ1n) is 5.57. The Labute approximate surface area is 102 Å². The molecule has 1 unspecified atom stereocenters. The maximum absolute atomic E-state index is 13.8. The van der Waals surface area contributed by atoms with E-state index in [0.717, 1.165) is 12.1 Å². The van der Waals surface area contributed by atoms with Crippen LogP contribution in [-0.4, -0.2) is 13.2 Å². The van der Waals surface area contributed by atoms with Crippen LogP contribution in [0, 0.1) is 5.82 Å².